The summed E-state index contributed by atoms with van der Waals surface area (Å²) in [4.78, 5) is 19.9. The van der Waals surface area contributed by atoms with Crippen molar-refractivity contribution in [1.29, 1.82) is 0 Å². The summed E-state index contributed by atoms with van der Waals surface area (Å²) in [6.07, 6.45) is 10.7. The Balaban J connectivity index is -0.000000372. The molecule has 0 aliphatic heterocycles. The maximum atomic E-state index is 11.6. The summed E-state index contributed by atoms with van der Waals surface area (Å²) in [6.45, 7) is -0.474. The molecular weight excluding hydrogens is 358 g/mol. The van der Waals surface area contributed by atoms with Crippen molar-refractivity contribution in [2.75, 3.05) is 13.3 Å². The molecule has 0 aromatic heterocycles. The van der Waals surface area contributed by atoms with E-state index in [4.69, 9.17) is 0 Å². The molecule has 0 aromatic rings. The average molecular weight is 391 g/mol. The number of rotatable bonds is 16. The molecule has 0 unspecified atom stereocenters. The van der Waals surface area contributed by atoms with Crippen LogP contribution in [0.15, 0.2) is 0 Å². The second kappa shape index (κ2) is 26.3. The fourth-order valence-corrected chi connectivity index (χ4v) is 2.14. The molecule has 0 heterocycles. The number of alkyl halides is 2. The predicted octanol–water partition coefficient (Wildman–Crippen LogP) is 2.49. The maximum absolute atomic E-state index is 11.6. The van der Waals surface area contributed by atoms with Gasteiger partial charge in [-0.1, -0.05) is 51.4 Å². The zero-order chi connectivity index (χ0) is 18.5. The number of aliphatic carboxylic acids is 2. The van der Waals surface area contributed by atoms with E-state index in [2.05, 4.69) is 0 Å². The van der Waals surface area contributed by atoms with E-state index >= 15 is 0 Å². The summed E-state index contributed by atoms with van der Waals surface area (Å²) in [5.74, 6) is -1.95. The van der Waals surface area contributed by atoms with Crippen LogP contribution in [-0.4, -0.2) is 63.0 Å². The van der Waals surface area contributed by atoms with Crippen molar-refractivity contribution in [3.63, 3.8) is 0 Å². The molecule has 25 heavy (non-hydrogen) atoms. The summed E-state index contributed by atoms with van der Waals surface area (Å²) >= 11 is 0. The summed E-state index contributed by atoms with van der Waals surface area (Å²) in [6, 6.07) is 0. The minimum Gasteiger partial charge on any atom is -0.550 e. The van der Waals surface area contributed by atoms with Gasteiger partial charge in [-0.3, -0.25) is 8.78 Å². The first-order valence-corrected chi connectivity index (χ1v) is 9.06. The van der Waals surface area contributed by atoms with E-state index in [0.29, 0.717) is 25.7 Å². The number of hydrogen-bond donors (Lipinski definition) is 0. The third-order valence-corrected chi connectivity index (χ3v) is 3.53. The van der Waals surface area contributed by atoms with Gasteiger partial charge in [0.1, 0.15) is 0 Å². The van der Waals surface area contributed by atoms with E-state index in [1.54, 1.807) is 0 Å². The Labute approximate surface area is 180 Å². The fraction of sp³-hybridized carbons (Fsp3) is 0.889. The molecule has 0 amide bonds. The third kappa shape index (κ3) is 35.9. The van der Waals surface area contributed by atoms with Crippen molar-refractivity contribution in [2.24, 2.45) is 0 Å². The van der Waals surface area contributed by atoms with Crippen molar-refractivity contribution < 1.29 is 28.6 Å². The van der Waals surface area contributed by atoms with Crippen molar-refractivity contribution >= 4 is 49.7 Å². The van der Waals surface area contributed by atoms with Gasteiger partial charge in [0.05, 0.1) is 13.3 Å². The molecule has 4 nitrogen and oxygen atoms in total. The van der Waals surface area contributed by atoms with Gasteiger partial charge < -0.3 is 19.8 Å². The zero-order valence-corrected chi connectivity index (χ0v) is 17.6. The molecule has 0 N–H and O–H groups in total. The van der Waals surface area contributed by atoms with Crippen LogP contribution in [0, 0.1) is 0 Å². The third-order valence-electron chi connectivity index (χ3n) is 3.53. The molecule has 0 saturated heterocycles. The molecular formula is C18H32CaF2O4. The van der Waals surface area contributed by atoms with Crippen LogP contribution in [0.4, 0.5) is 8.78 Å². The van der Waals surface area contributed by atoms with Crippen LogP contribution >= 0.6 is 0 Å². The molecule has 0 aromatic carbocycles. The second-order valence-corrected chi connectivity index (χ2v) is 5.86. The smallest absolute Gasteiger partial charge is 0.550 e. The number of carbonyl (C=O) groups is 2. The fourth-order valence-electron chi connectivity index (χ4n) is 2.14. The van der Waals surface area contributed by atoms with Crippen LogP contribution in [0.5, 0.6) is 0 Å². The van der Waals surface area contributed by atoms with Gasteiger partial charge in [0, 0.05) is 11.9 Å². The van der Waals surface area contributed by atoms with E-state index < -0.39 is 11.9 Å². The van der Waals surface area contributed by atoms with E-state index in [-0.39, 0.29) is 63.9 Å². The molecule has 0 aliphatic rings. The van der Waals surface area contributed by atoms with Crippen LogP contribution in [0.1, 0.15) is 89.9 Å². The van der Waals surface area contributed by atoms with Crippen molar-refractivity contribution in [3.8, 4) is 0 Å². The monoisotopic (exact) mass is 390 g/mol. The van der Waals surface area contributed by atoms with Crippen LogP contribution in [0.25, 0.3) is 0 Å². The van der Waals surface area contributed by atoms with Gasteiger partial charge >= 0.3 is 37.7 Å². The molecule has 144 valence electrons. The van der Waals surface area contributed by atoms with Crippen LogP contribution < -0.4 is 10.2 Å². The molecule has 0 spiro atoms. The number of halogens is 2. The molecule has 0 atom stereocenters. The summed E-state index contributed by atoms with van der Waals surface area (Å²) in [7, 11) is 0. The van der Waals surface area contributed by atoms with Crippen molar-refractivity contribution in [2.45, 2.75) is 89.9 Å². The van der Waals surface area contributed by atoms with Gasteiger partial charge in [-0.05, 0) is 38.5 Å². The van der Waals surface area contributed by atoms with Crippen LogP contribution in [-0.2, 0) is 9.59 Å². The summed E-state index contributed by atoms with van der Waals surface area (Å²) < 4.78 is 23.2. The first-order valence-electron chi connectivity index (χ1n) is 9.06. The van der Waals surface area contributed by atoms with Gasteiger partial charge in [-0.15, -0.1) is 0 Å². The molecule has 7 heteroatoms. The van der Waals surface area contributed by atoms with Crippen LogP contribution in [0.2, 0.25) is 0 Å². The largest absolute Gasteiger partial charge is 2.00 e. The number of hydrogen-bond acceptors (Lipinski definition) is 4. The van der Waals surface area contributed by atoms with Gasteiger partial charge in [0.15, 0.2) is 0 Å². The van der Waals surface area contributed by atoms with Crippen LogP contribution in [0.3, 0.4) is 0 Å². The van der Waals surface area contributed by atoms with E-state index in [9.17, 15) is 28.6 Å². The SMILES string of the molecule is O=C([O-])CCCCCCCCF.O=C([O-])CCCCCCCCF.[Ca+2]. The Kier molecular flexibility index (Phi) is 31.3. The molecule has 0 saturated carbocycles. The molecule has 0 bridgehead atoms. The minimum absolute atomic E-state index is 0. The molecule has 0 fully saturated rings. The normalized spacial score (nSPS) is 9.68. The topological polar surface area (TPSA) is 80.3 Å². The standard InChI is InChI=1S/2C9H17FO2.Ca/c2*10-8-6-4-2-1-3-5-7-9(11)12;/h2*1-8H2,(H,11,12);/q;;+2/p-2. The number of unbranched alkanes of at least 4 members (excludes halogenated alkanes) is 10. The van der Waals surface area contributed by atoms with Crippen molar-refractivity contribution in [3.05, 3.63) is 0 Å². The average Bonchev–Trinajstić information content (AvgIpc) is 2.53. The Morgan fingerprint density at radius 1 is 0.520 bits per heavy atom. The molecule has 0 rings (SSSR count). The Morgan fingerprint density at radius 2 is 0.760 bits per heavy atom. The Bertz CT molecular complexity index is 264. The minimum atomic E-state index is -0.973. The first-order chi connectivity index (χ1) is 11.5. The quantitative estimate of drug-likeness (QED) is 0.300. The number of carboxylic acids is 2. The maximum Gasteiger partial charge on any atom is 2.00 e. The van der Waals surface area contributed by atoms with Gasteiger partial charge in [0.25, 0.3) is 0 Å². The summed E-state index contributed by atoms with van der Waals surface area (Å²) in [5, 5.41) is 19.9. The zero-order valence-electron chi connectivity index (χ0n) is 15.4. The second-order valence-electron chi connectivity index (χ2n) is 5.86. The van der Waals surface area contributed by atoms with E-state index in [1.165, 1.54) is 0 Å². The molecule has 0 radical (unpaired) electrons. The number of carboxylic acid groups (broad SMARTS) is 2. The van der Waals surface area contributed by atoms with Gasteiger partial charge in [0.2, 0.25) is 0 Å². The van der Waals surface area contributed by atoms with Crippen molar-refractivity contribution in [1.82, 2.24) is 0 Å². The Morgan fingerprint density at radius 3 is 1.00 bits per heavy atom. The predicted molar refractivity (Wildman–Crippen MR) is 92.4 cm³/mol. The first kappa shape index (κ1) is 29.8. The van der Waals surface area contributed by atoms with Gasteiger partial charge in [-0.25, -0.2) is 0 Å². The van der Waals surface area contributed by atoms with E-state index in [1.807, 2.05) is 0 Å². The van der Waals surface area contributed by atoms with Gasteiger partial charge in [-0.2, -0.15) is 0 Å². The number of carbonyl (C=O) groups excluding carboxylic acids is 2. The van der Waals surface area contributed by atoms with E-state index in [0.717, 1.165) is 51.4 Å². The summed E-state index contributed by atoms with van der Waals surface area (Å²) in [5.41, 5.74) is 0. The Hall–Kier alpha value is 0.0597. The molecule has 0 aliphatic carbocycles.